The maximum Gasteiger partial charge on any atom is 0.303 e. The first-order chi connectivity index (χ1) is 9.08. The highest BCUT2D eigenvalue weighted by Crippen LogP contribution is 2.11. The summed E-state index contributed by atoms with van der Waals surface area (Å²) in [5.74, 6) is -0.697. The molecule has 2 atom stereocenters. The van der Waals surface area contributed by atoms with Crippen LogP contribution in [0.25, 0.3) is 0 Å². The van der Waals surface area contributed by atoms with Gasteiger partial charge >= 0.3 is 5.97 Å². The van der Waals surface area contributed by atoms with E-state index in [1.165, 1.54) is 19.3 Å². The second-order valence-electron chi connectivity index (χ2n) is 5.44. The van der Waals surface area contributed by atoms with E-state index in [0.717, 1.165) is 19.4 Å². The molecule has 19 heavy (non-hydrogen) atoms. The van der Waals surface area contributed by atoms with E-state index in [0.29, 0.717) is 18.9 Å². The number of hydrogen-bond donors (Lipinski definition) is 3. The zero-order chi connectivity index (χ0) is 14.1. The molecule has 5 nitrogen and oxygen atoms in total. The van der Waals surface area contributed by atoms with Gasteiger partial charge in [0.1, 0.15) is 0 Å². The van der Waals surface area contributed by atoms with Gasteiger partial charge in [-0.25, -0.2) is 0 Å². The number of carboxylic acid groups (broad SMARTS) is 1. The number of rotatable bonds is 8. The van der Waals surface area contributed by atoms with Gasteiger partial charge in [-0.1, -0.05) is 6.42 Å². The molecule has 1 saturated heterocycles. The Morgan fingerprint density at radius 1 is 1.37 bits per heavy atom. The molecule has 0 aromatic heterocycles. The lowest BCUT2D eigenvalue weighted by molar-refractivity contribution is -0.137. The lowest BCUT2D eigenvalue weighted by atomic mass is 10.0. The average Bonchev–Trinajstić information content (AvgIpc) is 2.37. The van der Waals surface area contributed by atoms with Crippen LogP contribution in [0.15, 0.2) is 0 Å². The van der Waals surface area contributed by atoms with Gasteiger partial charge < -0.3 is 15.7 Å². The quantitative estimate of drug-likeness (QED) is 0.627. The Kier molecular flexibility index (Phi) is 7.48. The number of carboxylic acids is 1. The topological polar surface area (TPSA) is 78.4 Å². The van der Waals surface area contributed by atoms with Crippen LogP contribution in [0, 0.1) is 0 Å². The van der Waals surface area contributed by atoms with E-state index >= 15 is 0 Å². The lowest BCUT2D eigenvalue weighted by Gasteiger charge is -2.23. The second-order valence-corrected chi connectivity index (χ2v) is 5.44. The van der Waals surface area contributed by atoms with E-state index < -0.39 is 5.97 Å². The molecule has 1 fully saturated rings. The highest BCUT2D eigenvalue weighted by atomic mass is 16.4. The van der Waals surface area contributed by atoms with Gasteiger partial charge in [-0.3, -0.25) is 9.59 Å². The molecule has 2 unspecified atom stereocenters. The summed E-state index contributed by atoms with van der Waals surface area (Å²) >= 11 is 0. The fraction of sp³-hybridized carbons (Fsp3) is 0.857. The predicted octanol–water partition coefficient (Wildman–Crippen LogP) is 1.67. The third kappa shape index (κ3) is 7.82. The molecule has 1 heterocycles. The first-order valence-electron chi connectivity index (χ1n) is 7.32. The number of piperidine rings is 1. The minimum atomic E-state index is -0.776. The number of nitrogens with one attached hydrogen (secondary N) is 2. The largest absolute Gasteiger partial charge is 0.481 e. The number of aliphatic carboxylic acids is 1. The monoisotopic (exact) mass is 270 g/mol. The third-order valence-corrected chi connectivity index (χ3v) is 3.57. The minimum absolute atomic E-state index is 0.0613. The van der Waals surface area contributed by atoms with Crippen LogP contribution in [-0.2, 0) is 9.59 Å². The molecule has 0 bridgehead atoms. The first kappa shape index (κ1) is 16.0. The summed E-state index contributed by atoms with van der Waals surface area (Å²) in [6, 6.07) is 0.549. The van der Waals surface area contributed by atoms with Crippen molar-refractivity contribution in [3.8, 4) is 0 Å². The fourth-order valence-electron chi connectivity index (χ4n) is 2.45. The van der Waals surface area contributed by atoms with Crippen molar-refractivity contribution in [1.82, 2.24) is 10.6 Å². The summed E-state index contributed by atoms with van der Waals surface area (Å²) in [6.07, 6.45) is 6.62. The van der Waals surface area contributed by atoms with Crippen molar-refractivity contribution in [1.29, 1.82) is 0 Å². The second kappa shape index (κ2) is 8.91. The molecule has 1 aliphatic heterocycles. The Balaban J connectivity index is 2.07. The van der Waals surface area contributed by atoms with Crippen LogP contribution in [0.1, 0.15) is 58.3 Å². The number of carbonyl (C=O) groups is 2. The molecule has 3 N–H and O–H groups in total. The molecule has 0 spiro atoms. The molecule has 0 saturated carbocycles. The molecule has 1 rings (SSSR count). The van der Waals surface area contributed by atoms with Crippen LogP contribution >= 0.6 is 0 Å². The normalized spacial score (nSPS) is 20.8. The van der Waals surface area contributed by atoms with Gasteiger partial charge in [-0.05, 0) is 45.6 Å². The van der Waals surface area contributed by atoms with Crippen molar-refractivity contribution in [2.75, 3.05) is 6.54 Å². The van der Waals surface area contributed by atoms with Gasteiger partial charge in [0.25, 0.3) is 0 Å². The molecule has 0 aliphatic carbocycles. The first-order valence-corrected chi connectivity index (χ1v) is 7.32. The molecule has 1 amide bonds. The molecule has 5 heteroatoms. The molecule has 0 aromatic rings. The van der Waals surface area contributed by atoms with E-state index in [1.54, 1.807) is 0 Å². The van der Waals surface area contributed by atoms with Crippen molar-refractivity contribution in [2.45, 2.75) is 70.4 Å². The molecule has 110 valence electrons. The van der Waals surface area contributed by atoms with Gasteiger partial charge in [-0.2, -0.15) is 0 Å². The maximum absolute atomic E-state index is 11.7. The van der Waals surface area contributed by atoms with Gasteiger partial charge in [-0.15, -0.1) is 0 Å². The highest BCUT2D eigenvalue weighted by Gasteiger charge is 2.14. The van der Waals surface area contributed by atoms with E-state index in [1.807, 2.05) is 6.92 Å². The van der Waals surface area contributed by atoms with Crippen molar-refractivity contribution < 1.29 is 14.7 Å². The molecule has 0 aromatic carbocycles. The Bertz CT molecular complexity index is 288. The van der Waals surface area contributed by atoms with E-state index in [-0.39, 0.29) is 18.4 Å². The number of amides is 1. The SMILES string of the molecule is CC(CCCC(=O)O)NC(=O)CCC1CCCCN1. The smallest absolute Gasteiger partial charge is 0.303 e. The Morgan fingerprint density at radius 3 is 2.79 bits per heavy atom. The third-order valence-electron chi connectivity index (χ3n) is 3.57. The molecular weight excluding hydrogens is 244 g/mol. The summed E-state index contributed by atoms with van der Waals surface area (Å²) in [7, 11) is 0. The summed E-state index contributed by atoms with van der Waals surface area (Å²) in [5, 5.41) is 14.9. The van der Waals surface area contributed by atoms with Crippen molar-refractivity contribution >= 4 is 11.9 Å². The van der Waals surface area contributed by atoms with Crippen LogP contribution in [0.2, 0.25) is 0 Å². The van der Waals surface area contributed by atoms with Crippen molar-refractivity contribution in [3.05, 3.63) is 0 Å². The zero-order valence-corrected chi connectivity index (χ0v) is 11.8. The molecule has 1 aliphatic rings. The van der Waals surface area contributed by atoms with Crippen LogP contribution in [-0.4, -0.2) is 35.6 Å². The molecular formula is C14H26N2O3. The zero-order valence-electron chi connectivity index (χ0n) is 11.8. The maximum atomic E-state index is 11.7. The highest BCUT2D eigenvalue weighted by molar-refractivity contribution is 5.76. The molecule has 0 radical (unpaired) electrons. The van der Waals surface area contributed by atoms with E-state index in [2.05, 4.69) is 10.6 Å². The van der Waals surface area contributed by atoms with Crippen molar-refractivity contribution in [3.63, 3.8) is 0 Å². The van der Waals surface area contributed by atoms with Crippen molar-refractivity contribution in [2.24, 2.45) is 0 Å². The number of hydrogen-bond acceptors (Lipinski definition) is 3. The Morgan fingerprint density at radius 2 is 2.16 bits per heavy atom. The minimum Gasteiger partial charge on any atom is -0.481 e. The lowest BCUT2D eigenvalue weighted by Crippen LogP contribution is -2.37. The Labute approximate surface area is 115 Å². The van der Waals surface area contributed by atoms with Gasteiger partial charge in [0.05, 0.1) is 0 Å². The summed E-state index contributed by atoms with van der Waals surface area (Å²) in [5.41, 5.74) is 0. The standard InChI is InChI=1S/C14H26N2O3/c1-11(5-4-7-14(18)19)16-13(17)9-8-12-6-2-3-10-15-12/h11-12,15H,2-10H2,1H3,(H,16,17)(H,18,19). The summed E-state index contributed by atoms with van der Waals surface area (Å²) in [4.78, 5) is 22.1. The summed E-state index contributed by atoms with van der Waals surface area (Å²) < 4.78 is 0. The summed E-state index contributed by atoms with van der Waals surface area (Å²) in [6.45, 7) is 3.00. The fourth-order valence-corrected chi connectivity index (χ4v) is 2.45. The average molecular weight is 270 g/mol. The van der Waals surface area contributed by atoms with Gasteiger partial charge in [0.2, 0.25) is 5.91 Å². The number of carbonyl (C=O) groups excluding carboxylic acids is 1. The van der Waals surface area contributed by atoms with Gasteiger partial charge in [0, 0.05) is 24.9 Å². The Hall–Kier alpha value is -1.10. The van der Waals surface area contributed by atoms with Crippen LogP contribution < -0.4 is 10.6 Å². The van der Waals surface area contributed by atoms with Crippen LogP contribution in [0.3, 0.4) is 0 Å². The predicted molar refractivity (Wildman–Crippen MR) is 74.0 cm³/mol. The van der Waals surface area contributed by atoms with E-state index in [9.17, 15) is 9.59 Å². The van der Waals surface area contributed by atoms with Gasteiger partial charge in [0.15, 0.2) is 0 Å². The van der Waals surface area contributed by atoms with Crippen LogP contribution in [0.5, 0.6) is 0 Å². The van der Waals surface area contributed by atoms with Crippen LogP contribution in [0.4, 0.5) is 0 Å². The van der Waals surface area contributed by atoms with E-state index in [4.69, 9.17) is 5.11 Å².